The van der Waals surface area contributed by atoms with E-state index in [0.29, 0.717) is 35.1 Å². The lowest BCUT2D eigenvalue weighted by Crippen LogP contribution is -2.47. The molecule has 2 atom stereocenters. The van der Waals surface area contributed by atoms with E-state index in [0.717, 1.165) is 11.1 Å². The van der Waals surface area contributed by atoms with Crippen molar-refractivity contribution >= 4 is 34.7 Å². The van der Waals surface area contributed by atoms with Gasteiger partial charge in [0, 0.05) is 18.1 Å². The zero-order chi connectivity index (χ0) is 20.7. The minimum atomic E-state index is -0.312. The van der Waals surface area contributed by atoms with E-state index in [-0.39, 0.29) is 24.0 Å². The Morgan fingerprint density at radius 3 is 2.24 bits per heavy atom. The lowest BCUT2D eigenvalue weighted by molar-refractivity contribution is -0.121. The summed E-state index contributed by atoms with van der Waals surface area (Å²) in [4.78, 5) is 30.4. The highest BCUT2D eigenvalue weighted by atomic mass is 35.5. The Bertz CT molecular complexity index is 992. The Balaban J connectivity index is 1.84. The molecule has 2 unspecified atom stereocenters. The lowest BCUT2D eigenvalue weighted by Gasteiger charge is -2.37. The highest BCUT2D eigenvalue weighted by Crippen LogP contribution is 2.37. The highest BCUT2D eigenvalue weighted by Gasteiger charge is 2.44. The number of anilines is 1. The average molecular weight is 411 g/mol. The maximum absolute atomic E-state index is 13.6. The largest absolute Gasteiger partial charge is 0.372 e. The van der Waals surface area contributed by atoms with Crippen molar-refractivity contribution in [2.75, 3.05) is 18.0 Å². The maximum Gasteiger partial charge on any atom is 0.282 e. The Hall–Kier alpha value is -2.63. The summed E-state index contributed by atoms with van der Waals surface area (Å²) in [5, 5.41) is 0.567. The number of aryl methyl sites for hydroxylation is 1. The normalized spacial score (nSPS) is 22.6. The summed E-state index contributed by atoms with van der Waals surface area (Å²) in [5.41, 5.74) is 2.95. The first-order chi connectivity index (χ1) is 13.9. The molecule has 0 aromatic heterocycles. The van der Waals surface area contributed by atoms with Crippen molar-refractivity contribution in [2.45, 2.75) is 33.0 Å². The summed E-state index contributed by atoms with van der Waals surface area (Å²) in [6.45, 7) is 6.92. The van der Waals surface area contributed by atoms with Crippen molar-refractivity contribution < 1.29 is 14.3 Å². The second-order valence-electron chi connectivity index (χ2n) is 7.63. The van der Waals surface area contributed by atoms with Crippen LogP contribution in [-0.2, 0) is 14.3 Å². The van der Waals surface area contributed by atoms with Gasteiger partial charge in [-0.15, -0.1) is 0 Å². The highest BCUT2D eigenvalue weighted by molar-refractivity contribution is 6.45. The van der Waals surface area contributed by atoms with Gasteiger partial charge in [-0.05, 0) is 50.1 Å². The van der Waals surface area contributed by atoms with Gasteiger partial charge in [-0.25, -0.2) is 4.90 Å². The third-order valence-corrected chi connectivity index (χ3v) is 5.49. The van der Waals surface area contributed by atoms with Gasteiger partial charge >= 0.3 is 0 Å². The summed E-state index contributed by atoms with van der Waals surface area (Å²) in [5.74, 6) is -0.617. The number of benzene rings is 2. The Morgan fingerprint density at radius 1 is 0.966 bits per heavy atom. The van der Waals surface area contributed by atoms with Crippen LogP contribution < -0.4 is 4.90 Å². The van der Waals surface area contributed by atoms with Gasteiger partial charge in [-0.2, -0.15) is 0 Å². The van der Waals surface area contributed by atoms with Gasteiger partial charge in [0.2, 0.25) is 0 Å². The maximum atomic E-state index is 13.6. The Kier molecular flexibility index (Phi) is 5.19. The molecular weight excluding hydrogens is 388 g/mol. The minimum absolute atomic E-state index is 0.0301. The first kappa shape index (κ1) is 19.7. The molecule has 5 nitrogen and oxygen atoms in total. The fourth-order valence-corrected chi connectivity index (χ4v) is 4.35. The molecule has 2 aromatic carbocycles. The molecule has 2 heterocycles. The topological polar surface area (TPSA) is 49.9 Å². The van der Waals surface area contributed by atoms with Crippen LogP contribution in [0.4, 0.5) is 5.69 Å². The number of ether oxygens (including phenoxy) is 1. The number of hydrogen-bond acceptors (Lipinski definition) is 4. The second-order valence-corrected chi connectivity index (χ2v) is 8.06. The van der Waals surface area contributed by atoms with Crippen LogP contribution in [0.5, 0.6) is 0 Å². The van der Waals surface area contributed by atoms with Crippen molar-refractivity contribution in [1.82, 2.24) is 4.90 Å². The lowest BCUT2D eigenvalue weighted by atomic mass is 10.0. The van der Waals surface area contributed by atoms with E-state index in [4.69, 9.17) is 16.3 Å². The third-order valence-electron chi connectivity index (χ3n) is 5.26. The van der Waals surface area contributed by atoms with Crippen LogP contribution in [0.15, 0.2) is 54.2 Å². The summed E-state index contributed by atoms with van der Waals surface area (Å²) < 4.78 is 5.83. The number of halogens is 1. The number of morpholine rings is 1. The molecule has 0 bridgehead atoms. The van der Waals surface area contributed by atoms with Crippen LogP contribution in [0.2, 0.25) is 5.02 Å². The zero-order valence-corrected chi connectivity index (χ0v) is 17.4. The molecule has 0 N–H and O–H groups in total. The van der Waals surface area contributed by atoms with E-state index in [1.54, 1.807) is 18.2 Å². The summed E-state index contributed by atoms with van der Waals surface area (Å²) in [6, 6.07) is 14.6. The number of amides is 2. The molecule has 2 aromatic rings. The van der Waals surface area contributed by atoms with Crippen molar-refractivity contribution in [3.8, 4) is 0 Å². The summed E-state index contributed by atoms with van der Waals surface area (Å²) >= 11 is 6.08. The van der Waals surface area contributed by atoms with E-state index >= 15 is 0 Å². The van der Waals surface area contributed by atoms with Crippen molar-refractivity contribution in [1.29, 1.82) is 0 Å². The molecule has 6 heteroatoms. The Morgan fingerprint density at radius 2 is 1.62 bits per heavy atom. The predicted molar refractivity (Wildman–Crippen MR) is 114 cm³/mol. The molecule has 1 fully saturated rings. The van der Waals surface area contributed by atoms with E-state index in [2.05, 4.69) is 0 Å². The van der Waals surface area contributed by atoms with Gasteiger partial charge in [0.15, 0.2) is 0 Å². The van der Waals surface area contributed by atoms with Gasteiger partial charge in [-0.3, -0.25) is 9.59 Å². The molecule has 2 aliphatic rings. The number of carbonyl (C=O) groups excluding carboxylic acids is 2. The van der Waals surface area contributed by atoms with Crippen LogP contribution in [0.3, 0.4) is 0 Å². The van der Waals surface area contributed by atoms with Crippen molar-refractivity contribution in [2.24, 2.45) is 0 Å². The Labute approximate surface area is 175 Å². The first-order valence-corrected chi connectivity index (χ1v) is 10.1. The van der Waals surface area contributed by atoms with Gasteiger partial charge in [0.1, 0.15) is 5.70 Å². The van der Waals surface area contributed by atoms with Crippen LogP contribution in [0, 0.1) is 6.92 Å². The van der Waals surface area contributed by atoms with E-state index in [9.17, 15) is 9.59 Å². The van der Waals surface area contributed by atoms with E-state index in [1.165, 1.54) is 4.90 Å². The molecule has 4 rings (SSSR count). The van der Waals surface area contributed by atoms with E-state index < -0.39 is 0 Å². The predicted octanol–water partition coefficient (Wildman–Crippen LogP) is 4.04. The van der Waals surface area contributed by atoms with Gasteiger partial charge < -0.3 is 9.64 Å². The number of carbonyl (C=O) groups is 2. The van der Waals surface area contributed by atoms with Crippen LogP contribution in [-0.4, -0.2) is 42.0 Å². The molecule has 0 radical (unpaired) electrons. The minimum Gasteiger partial charge on any atom is -0.372 e. The van der Waals surface area contributed by atoms with E-state index in [1.807, 2.05) is 56.0 Å². The smallest absolute Gasteiger partial charge is 0.282 e. The zero-order valence-electron chi connectivity index (χ0n) is 16.7. The first-order valence-electron chi connectivity index (χ1n) is 9.72. The van der Waals surface area contributed by atoms with Gasteiger partial charge in [-0.1, -0.05) is 41.9 Å². The molecule has 1 saturated heterocycles. The summed E-state index contributed by atoms with van der Waals surface area (Å²) in [7, 11) is 0. The number of hydrogen-bond donors (Lipinski definition) is 0. The standard InChI is InChI=1S/C23H23ClN2O3/c1-14-11-18(24)9-10-19(14)26-22(27)20(17-7-5-4-6-8-17)21(23(26)28)25-12-15(2)29-16(3)13-25/h4-11,15-16H,12-13H2,1-3H3. The van der Waals surface area contributed by atoms with Crippen LogP contribution >= 0.6 is 11.6 Å². The fraction of sp³-hybridized carbons (Fsp3) is 0.304. The molecule has 0 aliphatic carbocycles. The second kappa shape index (κ2) is 7.65. The average Bonchev–Trinajstić information content (AvgIpc) is 2.92. The molecule has 2 amide bonds. The molecule has 2 aliphatic heterocycles. The van der Waals surface area contributed by atoms with Crippen molar-refractivity contribution in [3.63, 3.8) is 0 Å². The fourth-order valence-electron chi connectivity index (χ4n) is 4.13. The molecule has 0 spiro atoms. The molecule has 150 valence electrons. The number of imide groups is 1. The van der Waals surface area contributed by atoms with Crippen molar-refractivity contribution in [3.05, 3.63) is 70.4 Å². The SMILES string of the molecule is Cc1cc(Cl)ccc1N1C(=O)C(c2ccccc2)=C(N2CC(C)OC(C)C2)C1=O. The van der Waals surface area contributed by atoms with Crippen LogP contribution in [0.25, 0.3) is 5.57 Å². The quantitative estimate of drug-likeness (QED) is 0.716. The number of nitrogens with zero attached hydrogens (tertiary/aromatic N) is 2. The van der Waals surface area contributed by atoms with Gasteiger partial charge in [0.05, 0.1) is 23.5 Å². The molecule has 0 saturated carbocycles. The van der Waals surface area contributed by atoms with Gasteiger partial charge in [0.25, 0.3) is 11.8 Å². The third kappa shape index (κ3) is 3.56. The molecular formula is C23H23ClN2O3. The summed E-state index contributed by atoms with van der Waals surface area (Å²) in [6.07, 6.45) is -0.0602. The molecule has 29 heavy (non-hydrogen) atoms. The van der Waals surface area contributed by atoms with Crippen LogP contribution in [0.1, 0.15) is 25.0 Å². The number of rotatable bonds is 3. The monoisotopic (exact) mass is 410 g/mol.